The number of amides is 2. The van der Waals surface area contributed by atoms with Crippen LogP contribution in [0.5, 0.6) is 5.75 Å². The molecule has 1 saturated heterocycles. The SMILES string of the molecule is CCc1cc(Cl)cc(NC(=O)N2CCN(c3ncccc3OCc3ccnc(N)n3)CC2)c1. The predicted molar refractivity (Wildman–Crippen MR) is 129 cm³/mol. The van der Waals surface area contributed by atoms with Gasteiger partial charge in [0.25, 0.3) is 0 Å². The molecule has 3 N–H and O–H groups in total. The van der Waals surface area contributed by atoms with E-state index in [2.05, 4.69) is 32.1 Å². The molecule has 3 aromatic rings. The number of carbonyl (C=O) groups is 1. The van der Waals surface area contributed by atoms with Crippen LogP contribution < -0.4 is 20.7 Å². The van der Waals surface area contributed by atoms with Crippen LogP contribution in [0.3, 0.4) is 0 Å². The number of urea groups is 1. The summed E-state index contributed by atoms with van der Waals surface area (Å²) in [6.45, 7) is 4.70. The van der Waals surface area contributed by atoms with Crippen molar-refractivity contribution in [3.63, 3.8) is 0 Å². The van der Waals surface area contributed by atoms with Crippen LogP contribution in [-0.2, 0) is 13.0 Å². The molecule has 2 aromatic heterocycles. The molecule has 0 bridgehead atoms. The van der Waals surface area contributed by atoms with Gasteiger partial charge in [-0.25, -0.2) is 19.7 Å². The molecule has 2 amide bonds. The number of carbonyl (C=O) groups excluding carboxylic acids is 1. The van der Waals surface area contributed by atoms with E-state index in [0.29, 0.717) is 48.3 Å². The van der Waals surface area contributed by atoms with Crippen LogP contribution in [0.4, 0.5) is 22.2 Å². The lowest BCUT2D eigenvalue weighted by Gasteiger charge is -2.35. The number of hydrogen-bond acceptors (Lipinski definition) is 7. The van der Waals surface area contributed by atoms with Gasteiger partial charge in [-0.2, -0.15) is 0 Å². The van der Waals surface area contributed by atoms with E-state index in [-0.39, 0.29) is 18.6 Å². The number of nitrogens with one attached hydrogen (secondary N) is 1. The van der Waals surface area contributed by atoms with Gasteiger partial charge in [-0.1, -0.05) is 18.5 Å². The highest BCUT2D eigenvalue weighted by molar-refractivity contribution is 6.31. The monoisotopic (exact) mass is 467 g/mol. The van der Waals surface area contributed by atoms with E-state index >= 15 is 0 Å². The van der Waals surface area contributed by atoms with E-state index < -0.39 is 0 Å². The average Bonchev–Trinajstić information content (AvgIpc) is 2.82. The average molecular weight is 468 g/mol. The normalized spacial score (nSPS) is 13.6. The Kier molecular flexibility index (Phi) is 7.09. The Balaban J connectivity index is 1.36. The summed E-state index contributed by atoms with van der Waals surface area (Å²) in [6, 6.07) is 10.9. The Hall–Kier alpha value is -3.59. The van der Waals surface area contributed by atoms with Gasteiger partial charge in [0.15, 0.2) is 11.6 Å². The van der Waals surface area contributed by atoms with Crippen molar-refractivity contribution in [1.82, 2.24) is 19.9 Å². The molecule has 9 nitrogen and oxygen atoms in total. The number of halogens is 1. The van der Waals surface area contributed by atoms with Crippen LogP contribution in [0, 0.1) is 0 Å². The number of anilines is 3. The number of aromatic nitrogens is 3. The number of piperazine rings is 1. The predicted octanol–water partition coefficient (Wildman–Crippen LogP) is 3.60. The molecule has 10 heteroatoms. The molecule has 0 atom stereocenters. The molecule has 0 aliphatic carbocycles. The minimum absolute atomic E-state index is 0.141. The van der Waals surface area contributed by atoms with E-state index in [9.17, 15) is 4.79 Å². The third kappa shape index (κ3) is 5.81. The number of nitrogen functional groups attached to an aromatic ring is 1. The first-order valence-electron chi connectivity index (χ1n) is 10.8. The summed E-state index contributed by atoms with van der Waals surface area (Å²) in [5.74, 6) is 1.60. The van der Waals surface area contributed by atoms with Gasteiger partial charge in [-0.05, 0) is 48.4 Å². The molecule has 3 heterocycles. The smallest absolute Gasteiger partial charge is 0.321 e. The van der Waals surface area contributed by atoms with Gasteiger partial charge in [0.2, 0.25) is 5.95 Å². The fraction of sp³-hybridized carbons (Fsp3) is 0.304. The second-order valence-corrected chi connectivity index (χ2v) is 8.06. The Morgan fingerprint density at radius 2 is 1.97 bits per heavy atom. The number of rotatable bonds is 6. The maximum Gasteiger partial charge on any atom is 0.321 e. The third-order valence-electron chi connectivity index (χ3n) is 5.34. The van der Waals surface area contributed by atoms with E-state index in [1.165, 1.54) is 0 Å². The second kappa shape index (κ2) is 10.4. The summed E-state index contributed by atoms with van der Waals surface area (Å²) < 4.78 is 5.96. The summed E-state index contributed by atoms with van der Waals surface area (Å²) in [4.78, 5) is 29.2. The lowest BCUT2D eigenvalue weighted by atomic mass is 10.1. The highest BCUT2D eigenvalue weighted by atomic mass is 35.5. The molecule has 0 spiro atoms. The molecule has 0 saturated carbocycles. The number of aryl methyl sites for hydroxylation is 1. The van der Waals surface area contributed by atoms with E-state index in [1.54, 1.807) is 29.4 Å². The first-order chi connectivity index (χ1) is 16.0. The second-order valence-electron chi connectivity index (χ2n) is 7.63. The first-order valence-corrected chi connectivity index (χ1v) is 11.1. The highest BCUT2D eigenvalue weighted by Crippen LogP contribution is 2.27. The van der Waals surface area contributed by atoms with Crippen LogP contribution in [0.25, 0.3) is 0 Å². The molecule has 4 rings (SSSR count). The molecule has 172 valence electrons. The molecule has 0 unspecified atom stereocenters. The maximum absolute atomic E-state index is 12.8. The Labute approximate surface area is 197 Å². The lowest BCUT2D eigenvalue weighted by Crippen LogP contribution is -2.50. The quantitative estimate of drug-likeness (QED) is 0.569. The fourth-order valence-corrected chi connectivity index (χ4v) is 3.89. The number of hydrogen-bond donors (Lipinski definition) is 2. The van der Waals surface area contributed by atoms with Gasteiger partial charge in [-0.3, -0.25) is 0 Å². The number of ether oxygens (including phenoxy) is 1. The van der Waals surface area contributed by atoms with E-state index in [1.807, 2.05) is 24.3 Å². The Bertz CT molecular complexity index is 1120. The Morgan fingerprint density at radius 3 is 2.73 bits per heavy atom. The summed E-state index contributed by atoms with van der Waals surface area (Å²) in [6.07, 6.45) is 4.18. The van der Waals surface area contributed by atoms with Crippen molar-refractivity contribution in [2.75, 3.05) is 42.1 Å². The summed E-state index contributed by atoms with van der Waals surface area (Å²) in [5, 5.41) is 3.57. The number of nitrogens with zero attached hydrogens (tertiary/aromatic N) is 5. The lowest BCUT2D eigenvalue weighted by molar-refractivity contribution is 0.208. The molecule has 0 radical (unpaired) electrons. The van der Waals surface area contributed by atoms with Gasteiger partial charge in [0, 0.05) is 49.3 Å². The van der Waals surface area contributed by atoms with Gasteiger partial charge in [-0.15, -0.1) is 0 Å². The van der Waals surface area contributed by atoms with Gasteiger partial charge >= 0.3 is 6.03 Å². The molecule has 33 heavy (non-hydrogen) atoms. The van der Waals surface area contributed by atoms with Gasteiger partial charge in [0.05, 0.1) is 5.69 Å². The topological polar surface area (TPSA) is 110 Å². The zero-order chi connectivity index (χ0) is 23.2. The van der Waals surface area contributed by atoms with Crippen LogP contribution in [0.2, 0.25) is 5.02 Å². The first kappa shape index (κ1) is 22.6. The third-order valence-corrected chi connectivity index (χ3v) is 5.56. The highest BCUT2D eigenvalue weighted by Gasteiger charge is 2.24. The summed E-state index contributed by atoms with van der Waals surface area (Å²) >= 11 is 6.17. The zero-order valence-electron chi connectivity index (χ0n) is 18.4. The van der Waals surface area contributed by atoms with E-state index in [4.69, 9.17) is 22.1 Å². The summed E-state index contributed by atoms with van der Waals surface area (Å²) in [7, 11) is 0. The van der Waals surface area contributed by atoms with Crippen LogP contribution in [-0.4, -0.2) is 52.1 Å². The number of nitrogens with two attached hydrogens (primary N) is 1. The molecule has 1 fully saturated rings. The fourth-order valence-electron chi connectivity index (χ4n) is 3.63. The minimum Gasteiger partial charge on any atom is -0.483 e. The minimum atomic E-state index is -0.141. The largest absolute Gasteiger partial charge is 0.483 e. The molecular formula is C23H26ClN7O2. The van der Waals surface area contributed by atoms with Gasteiger partial charge < -0.3 is 25.6 Å². The maximum atomic E-state index is 12.8. The molecule has 1 aliphatic heterocycles. The molecule has 1 aromatic carbocycles. The summed E-state index contributed by atoms with van der Waals surface area (Å²) in [5.41, 5.74) is 8.11. The van der Waals surface area contributed by atoms with Crippen molar-refractivity contribution >= 4 is 35.1 Å². The van der Waals surface area contributed by atoms with Crippen molar-refractivity contribution in [2.24, 2.45) is 0 Å². The van der Waals surface area contributed by atoms with Crippen molar-refractivity contribution < 1.29 is 9.53 Å². The van der Waals surface area contributed by atoms with Crippen molar-refractivity contribution in [3.8, 4) is 5.75 Å². The number of pyridine rings is 1. The van der Waals surface area contributed by atoms with Crippen LogP contribution >= 0.6 is 11.6 Å². The van der Waals surface area contributed by atoms with Crippen LogP contribution in [0.1, 0.15) is 18.2 Å². The zero-order valence-corrected chi connectivity index (χ0v) is 19.1. The van der Waals surface area contributed by atoms with Gasteiger partial charge in [0.1, 0.15) is 6.61 Å². The van der Waals surface area contributed by atoms with Crippen molar-refractivity contribution in [3.05, 3.63) is 65.1 Å². The molecule has 1 aliphatic rings. The van der Waals surface area contributed by atoms with Crippen molar-refractivity contribution in [2.45, 2.75) is 20.0 Å². The van der Waals surface area contributed by atoms with Crippen LogP contribution in [0.15, 0.2) is 48.8 Å². The standard InChI is InChI=1S/C23H26ClN7O2/c1-2-16-12-17(24)14-19(13-16)29-23(32)31-10-8-30(9-11-31)21-20(4-3-6-26-21)33-15-18-5-7-27-22(25)28-18/h3-7,12-14H,2,8-11,15H2,1H3,(H,29,32)(H2,25,27,28). The number of benzene rings is 1. The van der Waals surface area contributed by atoms with E-state index in [0.717, 1.165) is 17.8 Å². The Morgan fingerprint density at radius 1 is 1.15 bits per heavy atom. The van der Waals surface area contributed by atoms with Crippen molar-refractivity contribution in [1.29, 1.82) is 0 Å². The molecular weight excluding hydrogens is 442 g/mol.